The summed E-state index contributed by atoms with van der Waals surface area (Å²) in [6.07, 6.45) is 2.63. The number of fused-ring (bicyclic) bond motifs is 1. The number of hydrogen-bond donors (Lipinski definition) is 2. The van der Waals surface area contributed by atoms with E-state index in [-0.39, 0.29) is 5.91 Å². The SMILES string of the molecule is O=C1CC2(CCc3ccccc3C2)C(C(=O)O)N1. The van der Waals surface area contributed by atoms with Crippen LogP contribution in [-0.2, 0) is 22.4 Å². The highest BCUT2D eigenvalue weighted by molar-refractivity contribution is 5.89. The molecule has 0 saturated carbocycles. The molecule has 2 unspecified atom stereocenters. The molecule has 1 aliphatic heterocycles. The van der Waals surface area contributed by atoms with Crippen molar-refractivity contribution < 1.29 is 14.7 Å². The molecule has 94 valence electrons. The summed E-state index contributed by atoms with van der Waals surface area (Å²) in [5, 5.41) is 11.9. The first kappa shape index (κ1) is 11.3. The molecule has 1 saturated heterocycles. The molecule has 18 heavy (non-hydrogen) atoms. The van der Waals surface area contributed by atoms with Crippen LogP contribution in [0.15, 0.2) is 24.3 Å². The van der Waals surface area contributed by atoms with Crippen LogP contribution in [0.5, 0.6) is 0 Å². The van der Waals surface area contributed by atoms with Crippen molar-refractivity contribution >= 4 is 11.9 Å². The number of carbonyl (C=O) groups excluding carboxylic acids is 1. The molecule has 2 atom stereocenters. The van der Waals surface area contributed by atoms with Gasteiger partial charge in [-0.05, 0) is 30.4 Å². The number of nitrogens with one attached hydrogen (secondary N) is 1. The van der Waals surface area contributed by atoms with Gasteiger partial charge in [0.05, 0.1) is 0 Å². The molecule has 3 rings (SSSR count). The molecular weight excluding hydrogens is 230 g/mol. The maximum absolute atomic E-state index is 11.6. The molecule has 0 bridgehead atoms. The van der Waals surface area contributed by atoms with E-state index in [1.807, 2.05) is 18.2 Å². The second kappa shape index (κ2) is 3.83. The lowest BCUT2D eigenvalue weighted by atomic mass is 9.67. The van der Waals surface area contributed by atoms with Gasteiger partial charge < -0.3 is 10.4 Å². The van der Waals surface area contributed by atoms with Gasteiger partial charge >= 0.3 is 5.97 Å². The van der Waals surface area contributed by atoms with Crippen molar-refractivity contribution in [2.45, 2.75) is 31.7 Å². The van der Waals surface area contributed by atoms with E-state index in [0.717, 1.165) is 12.8 Å². The fourth-order valence-corrected chi connectivity index (χ4v) is 3.33. The number of aliphatic carboxylic acids is 1. The lowest BCUT2D eigenvalue weighted by Gasteiger charge is -2.36. The van der Waals surface area contributed by atoms with Crippen molar-refractivity contribution in [3.05, 3.63) is 35.4 Å². The van der Waals surface area contributed by atoms with Gasteiger partial charge in [0, 0.05) is 11.8 Å². The van der Waals surface area contributed by atoms with E-state index in [0.29, 0.717) is 12.8 Å². The van der Waals surface area contributed by atoms with Gasteiger partial charge in [-0.3, -0.25) is 4.79 Å². The molecule has 4 heteroatoms. The monoisotopic (exact) mass is 245 g/mol. The van der Waals surface area contributed by atoms with E-state index in [9.17, 15) is 14.7 Å². The van der Waals surface area contributed by atoms with Gasteiger partial charge in [-0.2, -0.15) is 0 Å². The Kier molecular flexibility index (Phi) is 2.40. The summed E-state index contributed by atoms with van der Waals surface area (Å²) in [5.41, 5.74) is 2.04. The molecule has 1 spiro atoms. The van der Waals surface area contributed by atoms with E-state index in [1.54, 1.807) is 0 Å². The summed E-state index contributed by atoms with van der Waals surface area (Å²) in [7, 11) is 0. The number of carbonyl (C=O) groups is 2. The highest BCUT2D eigenvalue weighted by Gasteiger charge is 2.51. The van der Waals surface area contributed by atoms with Crippen molar-refractivity contribution in [2.24, 2.45) is 5.41 Å². The number of carboxylic acid groups (broad SMARTS) is 1. The third-order valence-electron chi connectivity index (χ3n) is 4.23. The Morgan fingerprint density at radius 2 is 2.00 bits per heavy atom. The number of benzene rings is 1. The van der Waals surface area contributed by atoms with E-state index in [1.165, 1.54) is 11.1 Å². The fraction of sp³-hybridized carbons (Fsp3) is 0.429. The second-order valence-electron chi connectivity index (χ2n) is 5.32. The zero-order valence-corrected chi connectivity index (χ0v) is 9.98. The predicted molar refractivity (Wildman–Crippen MR) is 65.1 cm³/mol. The van der Waals surface area contributed by atoms with Crippen LogP contribution in [-0.4, -0.2) is 23.0 Å². The van der Waals surface area contributed by atoms with Gasteiger partial charge in [0.15, 0.2) is 0 Å². The number of hydrogen-bond acceptors (Lipinski definition) is 2. The van der Waals surface area contributed by atoms with Gasteiger partial charge in [0.2, 0.25) is 5.91 Å². The molecule has 4 nitrogen and oxygen atoms in total. The number of amides is 1. The molecule has 2 N–H and O–H groups in total. The van der Waals surface area contributed by atoms with Crippen molar-refractivity contribution in [1.82, 2.24) is 5.32 Å². The Hall–Kier alpha value is -1.84. The van der Waals surface area contributed by atoms with E-state index < -0.39 is 17.4 Å². The lowest BCUT2D eigenvalue weighted by molar-refractivity contribution is -0.142. The van der Waals surface area contributed by atoms with E-state index in [4.69, 9.17) is 0 Å². The minimum Gasteiger partial charge on any atom is -0.480 e. The minimum atomic E-state index is -0.916. The molecule has 1 aliphatic carbocycles. The van der Waals surface area contributed by atoms with Crippen LogP contribution in [0, 0.1) is 5.41 Å². The molecular formula is C14H15NO3. The quantitative estimate of drug-likeness (QED) is 0.779. The predicted octanol–water partition coefficient (Wildman–Crippen LogP) is 1.13. The Morgan fingerprint density at radius 3 is 2.72 bits per heavy atom. The standard InChI is InChI=1S/C14H15NO3/c16-11-8-14(12(15-11)13(17)18)6-5-9-3-1-2-4-10(9)7-14/h1-4,12H,5-8H2,(H,15,16)(H,17,18). The molecule has 0 aromatic heterocycles. The third kappa shape index (κ3) is 1.60. The second-order valence-corrected chi connectivity index (χ2v) is 5.32. The van der Waals surface area contributed by atoms with Gasteiger partial charge in [-0.1, -0.05) is 24.3 Å². The van der Waals surface area contributed by atoms with Gasteiger partial charge in [0.1, 0.15) is 6.04 Å². The number of rotatable bonds is 1. The van der Waals surface area contributed by atoms with Crippen molar-refractivity contribution in [3.63, 3.8) is 0 Å². The fourth-order valence-electron chi connectivity index (χ4n) is 3.33. The summed E-state index contributed by atoms with van der Waals surface area (Å²) in [6.45, 7) is 0. The molecule has 1 fully saturated rings. The maximum Gasteiger partial charge on any atom is 0.326 e. The normalized spacial score (nSPS) is 30.0. The van der Waals surface area contributed by atoms with Gasteiger partial charge in [-0.25, -0.2) is 4.79 Å². The molecule has 1 aromatic carbocycles. The Morgan fingerprint density at radius 1 is 1.28 bits per heavy atom. The molecule has 1 heterocycles. The van der Waals surface area contributed by atoms with Crippen molar-refractivity contribution in [1.29, 1.82) is 0 Å². The highest BCUT2D eigenvalue weighted by atomic mass is 16.4. The zero-order chi connectivity index (χ0) is 12.8. The molecule has 1 amide bonds. The minimum absolute atomic E-state index is 0.137. The zero-order valence-electron chi connectivity index (χ0n) is 9.98. The lowest BCUT2D eigenvalue weighted by Crippen LogP contribution is -2.46. The van der Waals surface area contributed by atoms with Crippen molar-refractivity contribution in [2.75, 3.05) is 0 Å². The average molecular weight is 245 g/mol. The topological polar surface area (TPSA) is 66.4 Å². The third-order valence-corrected chi connectivity index (χ3v) is 4.23. The summed E-state index contributed by atoms with van der Waals surface area (Å²) in [5.74, 6) is -1.05. The summed E-state index contributed by atoms with van der Waals surface area (Å²) >= 11 is 0. The van der Waals surface area contributed by atoms with Crippen LogP contribution in [0.3, 0.4) is 0 Å². The van der Waals surface area contributed by atoms with Crippen LogP contribution in [0.4, 0.5) is 0 Å². The summed E-state index contributed by atoms with van der Waals surface area (Å²) < 4.78 is 0. The van der Waals surface area contributed by atoms with Crippen molar-refractivity contribution in [3.8, 4) is 0 Å². The first-order valence-corrected chi connectivity index (χ1v) is 6.20. The Bertz CT molecular complexity index is 526. The number of carboxylic acids is 1. The largest absolute Gasteiger partial charge is 0.480 e. The summed E-state index contributed by atoms with van der Waals surface area (Å²) in [4.78, 5) is 22.9. The first-order chi connectivity index (χ1) is 8.61. The van der Waals surface area contributed by atoms with Crippen LogP contribution in [0.1, 0.15) is 24.0 Å². The van der Waals surface area contributed by atoms with Gasteiger partial charge in [-0.15, -0.1) is 0 Å². The maximum atomic E-state index is 11.6. The molecule has 0 radical (unpaired) electrons. The summed E-state index contributed by atoms with van der Waals surface area (Å²) in [6, 6.07) is 7.36. The van der Waals surface area contributed by atoms with Gasteiger partial charge in [0.25, 0.3) is 0 Å². The average Bonchev–Trinajstić information content (AvgIpc) is 2.66. The smallest absolute Gasteiger partial charge is 0.326 e. The van der Waals surface area contributed by atoms with E-state index in [2.05, 4.69) is 11.4 Å². The molecule has 1 aromatic rings. The van der Waals surface area contributed by atoms with Crippen LogP contribution in [0.25, 0.3) is 0 Å². The van der Waals surface area contributed by atoms with Crippen LogP contribution in [0.2, 0.25) is 0 Å². The Balaban J connectivity index is 1.98. The number of aryl methyl sites for hydroxylation is 1. The molecule has 2 aliphatic rings. The Labute approximate surface area is 105 Å². The first-order valence-electron chi connectivity index (χ1n) is 6.20. The highest BCUT2D eigenvalue weighted by Crippen LogP contribution is 2.44. The van der Waals surface area contributed by atoms with Crippen LogP contribution < -0.4 is 5.32 Å². The van der Waals surface area contributed by atoms with E-state index >= 15 is 0 Å². The van der Waals surface area contributed by atoms with Crippen LogP contribution >= 0.6 is 0 Å².